The van der Waals surface area contributed by atoms with E-state index in [1.54, 1.807) is 6.07 Å². The number of alkyl halides is 3. The molecule has 1 spiro atoms. The maximum atomic E-state index is 13.1. The third-order valence-corrected chi connectivity index (χ3v) is 10.3. The SMILES string of the molecule is O=S1(=O)CC(N2Cc3cc(Cl)ccc3-n3c(nnc3C3CC4(C3)CN(c3cccc(C(F)(F)F)n3)C4)C2)C1. The lowest BCUT2D eigenvalue weighted by Gasteiger charge is -2.59. The predicted molar refractivity (Wildman–Crippen MR) is 134 cm³/mol. The van der Waals surface area contributed by atoms with Gasteiger partial charge in [-0.25, -0.2) is 13.4 Å². The molecule has 200 valence electrons. The Hall–Kier alpha value is -2.70. The molecule has 13 heteroatoms. The van der Waals surface area contributed by atoms with Gasteiger partial charge in [-0.05, 0) is 48.7 Å². The number of fused-ring (bicyclic) bond motifs is 3. The second-order valence-electron chi connectivity index (χ2n) is 11.1. The Kier molecular flexibility index (Phi) is 5.22. The Balaban J connectivity index is 1.11. The third-order valence-electron chi connectivity index (χ3n) is 8.29. The minimum absolute atomic E-state index is 0.0346. The second-order valence-corrected chi connectivity index (χ2v) is 13.6. The lowest BCUT2D eigenvalue weighted by Crippen LogP contribution is -2.62. The van der Waals surface area contributed by atoms with E-state index >= 15 is 0 Å². The molecule has 0 N–H and O–H groups in total. The molecule has 0 radical (unpaired) electrons. The van der Waals surface area contributed by atoms with Crippen LogP contribution < -0.4 is 4.90 Å². The molecule has 8 nitrogen and oxygen atoms in total. The minimum atomic E-state index is -4.46. The topological polar surface area (TPSA) is 84.2 Å². The van der Waals surface area contributed by atoms with Gasteiger partial charge in [0.25, 0.3) is 0 Å². The Morgan fingerprint density at radius 3 is 2.50 bits per heavy atom. The maximum Gasteiger partial charge on any atom is 0.433 e. The van der Waals surface area contributed by atoms with Gasteiger partial charge in [-0.2, -0.15) is 13.2 Å². The van der Waals surface area contributed by atoms with Crippen LogP contribution in [0.1, 0.15) is 41.7 Å². The number of hydrogen-bond acceptors (Lipinski definition) is 7. The minimum Gasteiger partial charge on any atom is -0.355 e. The summed E-state index contributed by atoms with van der Waals surface area (Å²) in [5.41, 5.74) is 1.12. The number of sulfone groups is 1. The van der Waals surface area contributed by atoms with Crippen molar-refractivity contribution in [3.8, 4) is 5.69 Å². The van der Waals surface area contributed by atoms with E-state index in [0.717, 1.165) is 41.8 Å². The van der Waals surface area contributed by atoms with E-state index in [0.29, 0.717) is 37.0 Å². The summed E-state index contributed by atoms with van der Waals surface area (Å²) in [6.45, 7) is 2.39. The van der Waals surface area contributed by atoms with Crippen LogP contribution in [0, 0.1) is 5.41 Å². The highest BCUT2D eigenvalue weighted by Gasteiger charge is 2.54. The fourth-order valence-corrected chi connectivity index (χ4v) is 8.12. The summed E-state index contributed by atoms with van der Waals surface area (Å²) in [5, 5.41) is 9.70. The summed E-state index contributed by atoms with van der Waals surface area (Å²) in [5.74, 6) is 2.46. The van der Waals surface area contributed by atoms with Crippen molar-refractivity contribution in [1.29, 1.82) is 0 Å². The number of pyridine rings is 1. The van der Waals surface area contributed by atoms with Crippen LogP contribution in [0.25, 0.3) is 5.69 Å². The van der Waals surface area contributed by atoms with Crippen LogP contribution in [0.2, 0.25) is 5.02 Å². The largest absolute Gasteiger partial charge is 0.433 e. The maximum absolute atomic E-state index is 13.1. The van der Waals surface area contributed by atoms with Crippen molar-refractivity contribution in [2.75, 3.05) is 29.5 Å². The van der Waals surface area contributed by atoms with Gasteiger partial charge in [0.15, 0.2) is 15.7 Å². The number of anilines is 1. The summed E-state index contributed by atoms with van der Waals surface area (Å²) in [4.78, 5) is 7.86. The highest BCUT2D eigenvalue weighted by molar-refractivity contribution is 7.92. The van der Waals surface area contributed by atoms with Gasteiger partial charge in [0.05, 0.1) is 23.7 Å². The van der Waals surface area contributed by atoms with Crippen LogP contribution in [0.3, 0.4) is 0 Å². The van der Waals surface area contributed by atoms with Gasteiger partial charge < -0.3 is 4.90 Å². The number of aromatic nitrogens is 4. The highest BCUT2D eigenvalue weighted by atomic mass is 35.5. The van der Waals surface area contributed by atoms with Crippen LogP contribution >= 0.6 is 11.6 Å². The summed E-state index contributed by atoms with van der Waals surface area (Å²) >= 11 is 6.33. The van der Waals surface area contributed by atoms with Crippen molar-refractivity contribution < 1.29 is 21.6 Å². The van der Waals surface area contributed by atoms with Gasteiger partial charge in [0, 0.05) is 42.0 Å². The molecule has 2 aromatic heterocycles. The zero-order valence-electron chi connectivity index (χ0n) is 20.2. The van der Waals surface area contributed by atoms with E-state index < -0.39 is 21.7 Å². The smallest absolute Gasteiger partial charge is 0.355 e. The van der Waals surface area contributed by atoms with Gasteiger partial charge >= 0.3 is 6.18 Å². The predicted octanol–water partition coefficient (Wildman–Crippen LogP) is 3.83. The molecule has 1 saturated carbocycles. The molecule has 0 unspecified atom stereocenters. The zero-order valence-corrected chi connectivity index (χ0v) is 21.8. The molecule has 0 amide bonds. The average Bonchev–Trinajstić information content (AvgIpc) is 3.10. The van der Waals surface area contributed by atoms with Gasteiger partial charge in [-0.3, -0.25) is 9.47 Å². The monoisotopic (exact) mass is 564 g/mol. The number of benzene rings is 1. The number of hydrogen-bond donors (Lipinski definition) is 0. The Bertz CT molecular complexity index is 1530. The fraction of sp³-hybridized carbons (Fsp3) is 0.480. The number of nitrogens with zero attached hydrogens (tertiary/aromatic N) is 6. The molecule has 3 aliphatic heterocycles. The molecule has 1 aromatic carbocycles. The lowest BCUT2D eigenvalue weighted by molar-refractivity contribution is -0.141. The van der Waals surface area contributed by atoms with E-state index in [-0.39, 0.29) is 28.9 Å². The zero-order chi connectivity index (χ0) is 26.4. The summed E-state index contributed by atoms with van der Waals surface area (Å²) in [6.07, 6.45) is -2.73. The normalized spacial score (nSPS) is 24.1. The molecule has 1 aliphatic carbocycles. The van der Waals surface area contributed by atoms with Crippen molar-refractivity contribution in [1.82, 2.24) is 24.6 Å². The van der Waals surface area contributed by atoms with Crippen molar-refractivity contribution in [3.63, 3.8) is 0 Å². The first kappa shape index (κ1) is 24.3. The third kappa shape index (κ3) is 3.99. The Labute approximate surface area is 222 Å². The van der Waals surface area contributed by atoms with Gasteiger partial charge in [0.1, 0.15) is 17.3 Å². The highest BCUT2D eigenvalue weighted by Crippen LogP contribution is 2.56. The number of rotatable bonds is 3. The summed E-state index contributed by atoms with van der Waals surface area (Å²) in [6, 6.07) is 9.68. The standard InChI is InChI=1S/C25H24ClF3N6O2S/c26-17-4-5-19-15(6-17)9-33(18-11-38(36,37)12-18)10-22-31-32-23(35(19)22)16-7-24(8-16)13-34(14-24)21-3-1-2-20(30-21)25(27,28)29/h1-6,16,18H,7-14H2. The summed E-state index contributed by atoms with van der Waals surface area (Å²) < 4.78 is 65.0. The van der Waals surface area contributed by atoms with E-state index in [2.05, 4.69) is 24.6 Å². The van der Waals surface area contributed by atoms with Crippen LogP contribution in [0.5, 0.6) is 0 Å². The van der Waals surface area contributed by atoms with Crippen molar-refractivity contribution in [2.45, 2.75) is 44.1 Å². The molecule has 2 saturated heterocycles. The van der Waals surface area contributed by atoms with Crippen molar-refractivity contribution in [2.24, 2.45) is 5.41 Å². The molecular formula is C25H24ClF3N6O2S. The first-order valence-corrected chi connectivity index (χ1v) is 14.7. The van der Waals surface area contributed by atoms with Crippen LogP contribution in [-0.4, -0.2) is 63.7 Å². The van der Waals surface area contributed by atoms with Gasteiger partial charge in [-0.1, -0.05) is 17.7 Å². The van der Waals surface area contributed by atoms with Crippen molar-refractivity contribution >= 4 is 27.3 Å². The van der Waals surface area contributed by atoms with E-state index in [9.17, 15) is 21.6 Å². The Morgan fingerprint density at radius 1 is 1.03 bits per heavy atom. The van der Waals surface area contributed by atoms with Gasteiger partial charge in [-0.15, -0.1) is 10.2 Å². The first-order chi connectivity index (χ1) is 18.0. The molecule has 0 bridgehead atoms. The number of halogens is 4. The van der Waals surface area contributed by atoms with Crippen LogP contribution in [0.15, 0.2) is 36.4 Å². The van der Waals surface area contributed by atoms with E-state index in [1.165, 1.54) is 6.07 Å². The molecule has 38 heavy (non-hydrogen) atoms. The molecule has 3 fully saturated rings. The molecular weight excluding hydrogens is 541 g/mol. The molecule has 0 atom stereocenters. The van der Waals surface area contributed by atoms with Crippen LogP contribution in [-0.2, 0) is 29.1 Å². The molecule has 3 aromatic rings. The Morgan fingerprint density at radius 2 is 1.79 bits per heavy atom. The summed E-state index contributed by atoms with van der Waals surface area (Å²) in [7, 11) is -2.98. The molecule has 4 aliphatic rings. The fourth-order valence-electron chi connectivity index (χ4n) is 6.43. The van der Waals surface area contributed by atoms with Gasteiger partial charge in [0.2, 0.25) is 0 Å². The average molecular weight is 565 g/mol. The van der Waals surface area contributed by atoms with Crippen molar-refractivity contribution in [3.05, 3.63) is 64.3 Å². The molecule has 5 heterocycles. The van der Waals surface area contributed by atoms with E-state index in [4.69, 9.17) is 11.6 Å². The van der Waals surface area contributed by atoms with Crippen LogP contribution in [0.4, 0.5) is 19.0 Å². The van der Waals surface area contributed by atoms with E-state index in [1.807, 2.05) is 23.1 Å². The lowest BCUT2D eigenvalue weighted by atomic mass is 9.57. The second kappa shape index (κ2) is 8.15. The first-order valence-electron chi connectivity index (χ1n) is 12.5. The quantitative estimate of drug-likeness (QED) is 0.478. The molecule has 7 rings (SSSR count).